The molecule has 16 heavy (non-hydrogen) atoms. The smallest absolute Gasteiger partial charge is 0.425 e. The molecule has 0 aliphatic rings. The quantitative estimate of drug-likeness (QED) is 0.462. The number of nitrogens with one attached hydrogen (secondary N) is 3. The first kappa shape index (κ1) is 11.4. The summed E-state index contributed by atoms with van der Waals surface area (Å²) in [6.45, 7) is 0. The van der Waals surface area contributed by atoms with Gasteiger partial charge in [-0.15, -0.1) is 0 Å². The lowest BCUT2D eigenvalue weighted by atomic mass is 10.5. The zero-order valence-corrected chi connectivity index (χ0v) is 8.01. The van der Waals surface area contributed by atoms with Crippen LogP contribution in [0.4, 0.5) is 16.3 Å². The fourth-order valence-electron chi connectivity index (χ4n) is 0.815. The van der Waals surface area contributed by atoms with E-state index in [0.29, 0.717) is 0 Å². The number of carbonyl (C=O) groups is 1. The molecule has 0 saturated carbocycles. The molecule has 0 aliphatic carbocycles. The van der Waals surface area contributed by atoms with Crippen molar-refractivity contribution >= 4 is 17.6 Å². The fraction of sp³-hybridized carbons (Fsp3) is 0.167. The van der Waals surface area contributed by atoms with Gasteiger partial charge in [0.25, 0.3) is 0 Å². The van der Waals surface area contributed by atoms with Gasteiger partial charge in [-0.2, -0.15) is 0 Å². The highest BCUT2D eigenvalue weighted by Crippen LogP contribution is 2.13. The summed E-state index contributed by atoms with van der Waals surface area (Å²) in [5, 5.41) is 10.5. The molecule has 3 N–H and O–H groups in total. The third-order valence-corrected chi connectivity index (χ3v) is 1.48. The van der Waals surface area contributed by atoms with Crippen molar-refractivity contribution < 1.29 is 14.5 Å². The lowest BCUT2D eigenvalue weighted by molar-refractivity contribution is -0.385. The summed E-state index contributed by atoms with van der Waals surface area (Å²) in [6.07, 6.45) is 0.0766. The van der Waals surface area contributed by atoms with Crippen LogP contribution in [0.5, 0.6) is 0 Å². The van der Waals surface area contributed by atoms with E-state index < -0.39 is 22.3 Å². The minimum Gasteiger partial charge on any atom is -0.452 e. The zero-order valence-electron chi connectivity index (χ0n) is 8.01. The summed E-state index contributed by atoms with van der Waals surface area (Å²) in [4.78, 5) is 36.9. The van der Waals surface area contributed by atoms with Crippen LogP contribution >= 0.6 is 0 Å². The van der Waals surface area contributed by atoms with E-state index >= 15 is 0 Å². The van der Waals surface area contributed by atoms with Crippen LogP contribution in [0.3, 0.4) is 0 Å². The van der Waals surface area contributed by atoms with Crippen LogP contribution in [0.2, 0.25) is 0 Å². The van der Waals surface area contributed by atoms with Crippen molar-refractivity contribution in [2.45, 2.75) is 0 Å². The molecule has 1 heterocycles. The number of methoxy groups -OCH3 is 1. The van der Waals surface area contributed by atoms with Gasteiger partial charge < -0.3 is 9.72 Å². The van der Waals surface area contributed by atoms with E-state index in [-0.39, 0.29) is 5.82 Å². The van der Waals surface area contributed by atoms with Gasteiger partial charge >= 0.3 is 17.3 Å². The van der Waals surface area contributed by atoms with E-state index in [1.807, 2.05) is 10.4 Å². The first-order valence-corrected chi connectivity index (χ1v) is 3.88. The Hall–Kier alpha value is -2.65. The number of rotatable bonds is 3. The number of nitro groups is 1. The number of hydrogen-bond acceptors (Lipinski definition) is 7. The predicted octanol–water partition coefficient (Wildman–Crippen LogP) is -0.639. The van der Waals surface area contributed by atoms with Crippen LogP contribution in [0.25, 0.3) is 0 Å². The van der Waals surface area contributed by atoms with Gasteiger partial charge in [0.15, 0.2) is 0 Å². The second kappa shape index (κ2) is 4.72. The number of carbonyl (C=O) groups excluding carboxylic acids is 1. The number of nitrogens with zero attached hydrogens (tertiary/aromatic N) is 2. The van der Waals surface area contributed by atoms with Gasteiger partial charge in [-0.05, 0) is 0 Å². The van der Waals surface area contributed by atoms with Crippen molar-refractivity contribution in [1.29, 1.82) is 0 Å². The maximum absolute atomic E-state index is 11.1. The van der Waals surface area contributed by atoms with Crippen LogP contribution in [0.15, 0.2) is 11.1 Å². The molecule has 0 bridgehead atoms. The fourth-order valence-corrected chi connectivity index (χ4v) is 0.815. The number of aromatic nitrogens is 2. The monoisotopic (exact) mass is 229 g/mol. The molecule has 0 unspecified atom stereocenters. The second-order valence-corrected chi connectivity index (χ2v) is 2.43. The van der Waals surface area contributed by atoms with Crippen molar-refractivity contribution in [2.75, 3.05) is 12.5 Å². The topological polar surface area (TPSA) is 139 Å². The molecular weight excluding hydrogens is 222 g/mol. The highest BCUT2D eigenvalue weighted by atomic mass is 16.6. The second-order valence-electron chi connectivity index (χ2n) is 2.43. The molecule has 0 spiro atoms. The van der Waals surface area contributed by atoms with Crippen LogP contribution in [-0.4, -0.2) is 28.1 Å². The maximum Gasteiger partial charge on any atom is 0.425 e. The Kier molecular flexibility index (Phi) is 3.37. The highest BCUT2D eigenvalue weighted by Gasteiger charge is 2.20. The van der Waals surface area contributed by atoms with E-state index in [4.69, 9.17) is 0 Å². The number of amides is 1. The van der Waals surface area contributed by atoms with Gasteiger partial charge in [-0.25, -0.2) is 15.2 Å². The minimum atomic E-state index is -0.936. The molecule has 10 nitrogen and oxygen atoms in total. The maximum atomic E-state index is 11.1. The first-order valence-electron chi connectivity index (χ1n) is 3.88. The van der Waals surface area contributed by atoms with Crippen molar-refractivity contribution in [3.05, 3.63) is 26.8 Å². The summed E-state index contributed by atoms with van der Waals surface area (Å²) in [5.74, 6) is -0.390. The summed E-state index contributed by atoms with van der Waals surface area (Å²) in [5.41, 5.74) is 2.29. The van der Waals surface area contributed by atoms with Gasteiger partial charge in [0.1, 0.15) is 0 Å². The SMILES string of the molecule is COC(=O)NNc1nc[nH]c(=O)c1[N+](=O)[O-]. The molecule has 0 radical (unpaired) electrons. The van der Waals surface area contributed by atoms with Crippen LogP contribution in [0, 0.1) is 10.1 Å². The highest BCUT2D eigenvalue weighted by molar-refractivity contribution is 5.69. The standard InChI is InChI=1S/C6H7N5O5/c1-16-6(13)10-9-4-3(11(14)15)5(12)8-2-7-4/h2H,1H3,(H,10,13)(H2,7,8,9,12). The van der Waals surface area contributed by atoms with Gasteiger partial charge in [-0.3, -0.25) is 20.3 Å². The average Bonchev–Trinajstić information content (AvgIpc) is 2.25. The van der Waals surface area contributed by atoms with Crippen molar-refractivity contribution in [2.24, 2.45) is 0 Å². The molecule has 0 aliphatic heterocycles. The van der Waals surface area contributed by atoms with Crippen molar-refractivity contribution in [3.63, 3.8) is 0 Å². The van der Waals surface area contributed by atoms with E-state index in [9.17, 15) is 19.7 Å². The van der Waals surface area contributed by atoms with E-state index in [2.05, 4.69) is 15.1 Å². The molecule has 0 fully saturated rings. The molecule has 0 saturated heterocycles. The van der Waals surface area contributed by atoms with E-state index in [1.165, 1.54) is 0 Å². The number of aromatic amines is 1. The number of hydrogen-bond donors (Lipinski definition) is 3. The van der Waals surface area contributed by atoms with E-state index in [0.717, 1.165) is 13.4 Å². The summed E-state index contributed by atoms with van der Waals surface area (Å²) >= 11 is 0. The Morgan fingerprint density at radius 3 is 2.94 bits per heavy atom. The van der Waals surface area contributed by atoms with Gasteiger partial charge in [0.2, 0.25) is 5.82 Å². The zero-order chi connectivity index (χ0) is 12.1. The average molecular weight is 229 g/mol. The number of anilines is 1. The minimum absolute atomic E-state index is 0.390. The Labute approximate surface area is 87.8 Å². The van der Waals surface area contributed by atoms with Gasteiger partial charge in [-0.1, -0.05) is 0 Å². The molecule has 86 valence electrons. The molecular formula is C6H7N5O5. The number of ether oxygens (including phenoxy) is 1. The van der Waals surface area contributed by atoms with Gasteiger partial charge in [0, 0.05) is 0 Å². The van der Waals surface area contributed by atoms with Crippen LogP contribution in [0.1, 0.15) is 0 Å². The Morgan fingerprint density at radius 1 is 1.69 bits per heavy atom. The molecule has 1 amide bonds. The largest absolute Gasteiger partial charge is 0.452 e. The Balaban J connectivity index is 2.96. The van der Waals surface area contributed by atoms with Crippen molar-refractivity contribution in [3.8, 4) is 0 Å². The lowest BCUT2D eigenvalue weighted by Crippen LogP contribution is -2.31. The summed E-state index contributed by atoms with van der Waals surface area (Å²) in [7, 11) is 1.11. The van der Waals surface area contributed by atoms with Crippen molar-refractivity contribution in [1.82, 2.24) is 15.4 Å². The molecule has 0 aromatic carbocycles. The third-order valence-electron chi connectivity index (χ3n) is 1.48. The predicted molar refractivity (Wildman–Crippen MR) is 50.7 cm³/mol. The molecule has 1 aromatic heterocycles. The number of H-pyrrole nitrogens is 1. The molecule has 10 heteroatoms. The van der Waals surface area contributed by atoms with Crippen LogP contribution in [-0.2, 0) is 4.74 Å². The summed E-state index contributed by atoms with van der Waals surface area (Å²) in [6, 6.07) is 0. The van der Waals surface area contributed by atoms with Gasteiger partial charge in [0.05, 0.1) is 18.4 Å². The molecule has 1 rings (SSSR count). The third kappa shape index (κ3) is 2.43. The first-order chi connectivity index (χ1) is 7.56. The lowest BCUT2D eigenvalue weighted by Gasteiger charge is -2.05. The molecule has 1 aromatic rings. The number of hydrazine groups is 1. The normalized spacial score (nSPS) is 9.31. The molecule has 0 atom stereocenters. The Bertz CT molecular complexity index is 469. The van der Waals surface area contributed by atoms with Crippen LogP contribution < -0.4 is 16.4 Å². The van der Waals surface area contributed by atoms with E-state index in [1.54, 1.807) is 0 Å². The Morgan fingerprint density at radius 2 is 2.38 bits per heavy atom. The summed E-state index contributed by atoms with van der Waals surface area (Å²) < 4.78 is 4.21.